The summed E-state index contributed by atoms with van der Waals surface area (Å²) in [6, 6.07) is 6.76. The number of hydrogen-bond donors (Lipinski definition) is 1. The molecule has 7 heteroatoms. The Hall–Kier alpha value is -2.41. The van der Waals surface area contributed by atoms with Gasteiger partial charge in [0.1, 0.15) is 0 Å². The predicted octanol–water partition coefficient (Wildman–Crippen LogP) is 1.02. The molecule has 21 heavy (non-hydrogen) atoms. The van der Waals surface area contributed by atoms with Crippen LogP contribution < -0.4 is 4.90 Å². The minimum absolute atomic E-state index is 0.205. The molecule has 0 amide bonds. The summed E-state index contributed by atoms with van der Waals surface area (Å²) in [7, 11) is 1.81. The number of carboxylic acid groups (broad SMARTS) is 1. The molecular weight excluding hydrogens is 272 g/mol. The molecule has 0 atom stereocenters. The van der Waals surface area contributed by atoms with E-state index >= 15 is 0 Å². The zero-order valence-corrected chi connectivity index (χ0v) is 11.7. The Bertz CT molecular complexity index is 662. The Morgan fingerprint density at radius 1 is 1.29 bits per heavy atom. The normalized spacial score (nSPS) is 15.2. The summed E-state index contributed by atoms with van der Waals surface area (Å²) < 4.78 is 7.01. The minimum atomic E-state index is -0.981. The Morgan fingerprint density at radius 2 is 2.00 bits per heavy atom. The van der Waals surface area contributed by atoms with Crippen molar-refractivity contribution >= 4 is 11.9 Å². The number of aryl methyl sites for hydroxylation is 1. The van der Waals surface area contributed by atoms with Crippen LogP contribution in [0.1, 0.15) is 10.4 Å². The van der Waals surface area contributed by atoms with Crippen molar-refractivity contribution in [2.45, 2.75) is 0 Å². The van der Waals surface area contributed by atoms with Crippen molar-refractivity contribution < 1.29 is 14.6 Å². The van der Waals surface area contributed by atoms with Gasteiger partial charge in [-0.05, 0) is 6.07 Å². The van der Waals surface area contributed by atoms with Gasteiger partial charge in [0.2, 0.25) is 5.95 Å². The van der Waals surface area contributed by atoms with E-state index in [9.17, 15) is 9.90 Å². The Kier molecular flexibility index (Phi) is 3.57. The lowest BCUT2D eigenvalue weighted by Crippen LogP contribution is -2.37. The number of carbonyl (C=O) groups is 1. The van der Waals surface area contributed by atoms with Crippen LogP contribution in [0.15, 0.2) is 24.3 Å². The maximum Gasteiger partial charge on any atom is 0.336 e. The van der Waals surface area contributed by atoms with Crippen molar-refractivity contribution in [2.24, 2.45) is 7.05 Å². The molecule has 2 heterocycles. The van der Waals surface area contributed by atoms with Crippen molar-refractivity contribution in [1.82, 2.24) is 14.8 Å². The van der Waals surface area contributed by atoms with Crippen LogP contribution in [0.4, 0.5) is 5.95 Å². The van der Waals surface area contributed by atoms with Gasteiger partial charge >= 0.3 is 5.97 Å². The average molecular weight is 288 g/mol. The quantitative estimate of drug-likeness (QED) is 0.908. The summed E-state index contributed by atoms with van der Waals surface area (Å²) in [5.41, 5.74) is 0.733. The fraction of sp³-hybridized carbons (Fsp3) is 0.357. The molecule has 1 aromatic carbocycles. The molecule has 1 N–H and O–H groups in total. The summed E-state index contributed by atoms with van der Waals surface area (Å²) in [5, 5.41) is 13.6. The van der Waals surface area contributed by atoms with Crippen molar-refractivity contribution in [3.8, 4) is 11.4 Å². The number of aromatic nitrogens is 3. The Balaban J connectivity index is 1.99. The van der Waals surface area contributed by atoms with Gasteiger partial charge in [-0.1, -0.05) is 18.2 Å². The van der Waals surface area contributed by atoms with Crippen LogP contribution in [-0.4, -0.2) is 52.1 Å². The lowest BCUT2D eigenvalue weighted by atomic mass is 10.1. The fourth-order valence-corrected chi connectivity index (χ4v) is 2.39. The molecule has 0 unspecified atom stereocenters. The number of ether oxygens (including phenoxy) is 1. The van der Waals surface area contributed by atoms with Gasteiger partial charge in [-0.3, -0.25) is 0 Å². The van der Waals surface area contributed by atoms with Crippen molar-refractivity contribution in [1.29, 1.82) is 0 Å². The lowest BCUT2D eigenvalue weighted by Gasteiger charge is -2.26. The second-order valence-electron chi connectivity index (χ2n) is 4.81. The monoisotopic (exact) mass is 288 g/mol. The van der Waals surface area contributed by atoms with E-state index < -0.39 is 5.97 Å². The van der Waals surface area contributed by atoms with Crippen molar-refractivity contribution in [2.75, 3.05) is 31.2 Å². The molecule has 1 aliphatic heterocycles. The first-order chi connectivity index (χ1) is 10.2. The zero-order chi connectivity index (χ0) is 14.8. The first-order valence-corrected chi connectivity index (χ1v) is 6.73. The van der Waals surface area contributed by atoms with Gasteiger partial charge in [-0.15, -0.1) is 5.10 Å². The van der Waals surface area contributed by atoms with E-state index in [2.05, 4.69) is 15.0 Å². The molecule has 0 bridgehead atoms. The third-order valence-corrected chi connectivity index (χ3v) is 3.43. The van der Waals surface area contributed by atoms with Crippen LogP contribution in [0.25, 0.3) is 11.4 Å². The van der Waals surface area contributed by atoms with Gasteiger partial charge in [-0.2, -0.15) is 4.98 Å². The van der Waals surface area contributed by atoms with Crippen LogP contribution in [-0.2, 0) is 11.8 Å². The molecule has 3 rings (SSSR count). The van der Waals surface area contributed by atoms with E-state index in [4.69, 9.17) is 4.74 Å². The lowest BCUT2D eigenvalue weighted by molar-refractivity contribution is 0.0697. The molecule has 7 nitrogen and oxygen atoms in total. The summed E-state index contributed by atoms with van der Waals surface area (Å²) in [6.07, 6.45) is 0. The van der Waals surface area contributed by atoms with Crippen LogP contribution in [0.3, 0.4) is 0 Å². The highest BCUT2D eigenvalue weighted by molar-refractivity contribution is 5.94. The summed E-state index contributed by atoms with van der Waals surface area (Å²) in [6.45, 7) is 2.83. The van der Waals surface area contributed by atoms with Gasteiger partial charge in [0.15, 0.2) is 5.82 Å². The van der Waals surface area contributed by atoms with E-state index in [1.807, 2.05) is 7.05 Å². The molecular formula is C14H16N4O3. The zero-order valence-electron chi connectivity index (χ0n) is 11.7. The van der Waals surface area contributed by atoms with Gasteiger partial charge in [-0.25, -0.2) is 9.48 Å². The van der Waals surface area contributed by atoms with Gasteiger partial charge in [0.05, 0.1) is 18.8 Å². The summed E-state index contributed by atoms with van der Waals surface area (Å²) in [4.78, 5) is 17.9. The standard InChI is InChI=1S/C14H16N4O3/c1-17-14(18-6-8-21-9-7-18)15-12(16-17)10-4-2-3-5-11(10)13(19)20/h2-5H,6-9H2,1H3,(H,19,20). The predicted molar refractivity (Wildman–Crippen MR) is 76.4 cm³/mol. The number of carboxylic acids is 1. The molecule has 0 aliphatic carbocycles. The Labute approximate surface area is 121 Å². The molecule has 0 spiro atoms. The molecule has 2 aromatic rings. The Morgan fingerprint density at radius 3 is 2.71 bits per heavy atom. The topological polar surface area (TPSA) is 80.5 Å². The van der Waals surface area contributed by atoms with E-state index in [1.165, 1.54) is 0 Å². The summed E-state index contributed by atoms with van der Waals surface area (Å²) >= 11 is 0. The molecule has 1 aliphatic rings. The molecule has 0 saturated carbocycles. The van der Waals surface area contributed by atoms with E-state index in [-0.39, 0.29) is 5.56 Å². The fourth-order valence-electron chi connectivity index (χ4n) is 2.39. The maximum atomic E-state index is 11.3. The molecule has 1 saturated heterocycles. The number of benzene rings is 1. The number of anilines is 1. The van der Waals surface area contributed by atoms with Gasteiger partial charge in [0, 0.05) is 25.7 Å². The first-order valence-electron chi connectivity index (χ1n) is 6.73. The van der Waals surface area contributed by atoms with Crippen LogP contribution >= 0.6 is 0 Å². The van der Waals surface area contributed by atoms with E-state index in [1.54, 1.807) is 28.9 Å². The van der Waals surface area contributed by atoms with Gasteiger partial charge in [0.25, 0.3) is 0 Å². The van der Waals surface area contributed by atoms with E-state index in [0.29, 0.717) is 24.6 Å². The highest BCUT2D eigenvalue weighted by Gasteiger charge is 2.20. The maximum absolute atomic E-state index is 11.3. The second kappa shape index (κ2) is 5.53. The van der Waals surface area contributed by atoms with Crippen LogP contribution in [0, 0.1) is 0 Å². The third kappa shape index (κ3) is 2.59. The largest absolute Gasteiger partial charge is 0.478 e. The molecule has 1 aromatic heterocycles. The highest BCUT2D eigenvalue weighted by atomic mass is 16.5. The molecule has 110 valence electrons. The molecule has 0 radical (unpaired) electrons. The number of hydrogen-bond acceptors (Lipinski definition) is 5. The average Bonchev–Trinajstić information content (AvgIpc) is 2.90. The number of morpholine rings is 1. The van der Waals surface area contributed by atoms with Crippen LogP contribution in [0.2, 0.25) is 0 Å². The number of nitrogens with zero attached hydrogens (tertiary/aromatic N) is 4. The third-order valence-electron chi connectivity index (χ3n) is 3.43. The van der Waals surface area contributed by atoms with Crippen LogP contribution in [0.5, 0.6) is 0 Å². The van der Waals surface area contributed by atoms with Crippen molar-refractivity contribution in [3.05, 3.63) is 29.8 Å². The second-order valence-corrected chi connectivity index (χ2v) is 4.81. The molecule has 1 fully saturated rings. The smallest absolute Gasteiger partial charge is 0.336 e. The van der Waals surface area contributed by atoms with E-state index in [0.717, 1.165) is 19.0 Å². The minimum Gasteiger partial charge on any atom is -0.478 e. The highest BCUT2D eigenvalue weighted by Crippen LogP contribution is 2.23. The first kappa shape index (κ1) is 13.6. The summed E-state index contributed by atoms with van der Waals surface area (Å²) in [5.74, 6) is 0.177. The van der Waals surface area contributed by atoms with Crippen molar-refractivity contribution in [3.63, 3.8) is 0 Å². The van der Waals surface area contributed by atoms with Gasteiger partial charge < -0.3 is 14.7 Å². The number of aromatic carboxylic acids is 1. The number of rotatable bonds is 3. The SMILES string of the molecule is Cn1nc(-c2ccccc2C(=O)O)nc1N1CCOCC1.